The van der Waals surface area contributed by atoms with Gasteiger partial charge in [0, 0.05) is 18.4 Å². The van der Waals surface area contributed by atoms with E-state index in [0.717, 1.165) is 12.0 Å². The van der Waals surface area contributed by atoms with Crippen molar-refractivity contribution in [3.8, 4) is 0 Å². The van der Waals surface area contributed by atoms with Gasteiger partial charge in [-0.1, -0.05) is 25.7 Å². The lowest BCUT2D eigenvalue weighted by molar-refractivity contribution is -0.122. The summed E-state index contributed by atoms with van der Waals surface area (Å²) >= 11 is 0. The van der Waals surface area contributed by atoms with Crippen LogP contribution >= 0.6 is 0 Å². The van der Waals surface area contributed by atoms with Gasteiger partial charge in [0.15, 0.2) is 0 Å². The van der Waals surface area contributed by atoms with Gasteiger partial charge in [-0.3, -0.25) is 4.79 Å². The Morgan fingerprint density at radius 3 is 2.50 bits per heavy atom. The van der Waals surface area contributed by atoms with Gasteiger partial charge in [0.2, 0.25) is 5.91 Å². The molecule has 1 unspecified atom stereocenters. The monoisotopic (exact) mass is 273 g/mol. The fraction of sp³-hybridized carbons (Fsp3) is 0.688. The molecule has 1 heterocycles. The molecule has 1 amide bonds. The van der Waals surface area contributed by atoms with Gasteiger partial charge in [0.1, 0.15) is 6.33 Å². The summed E-state index contributed by atoms with van der Waals surface area (Å²) in [5, 5.41) is 3.31. The molecule has 2 saturated carbocycles. The average molecular weight is 273 g/mol. The van der Waals surface area contributed by atoms with Crippen molar-refractivity contribution in [1.82, 2.24) is 15.3 Å². The highest BCUT2D eigenvalue weighted by atomic mass is 16.1. The number of hydrogen-bond donors (Lipinski definition) is 1. The van der Waals surface area contributed by atoms with E-state index in [1.54, 1.807) is 12.4 Å². The molecule has 20 heavy (non-hydrogen) atoms. The first-order valence-corrected chi connectivity index (χ1v) is 7.82. The van der Waals surface area contributed by atoms with Gasteiger partial charge >= 0.3 is 0 Å². The van der Waals surface area contributed by atoms with Gasteiger partial charge in [0.05, 0.1) is 6.42 Å². The number of carbonyl (C=O) groups is 1. The third kappa shape index (κ3) is 2.84. The normalized spacial score (nSPS) is 24.7. The lowest BCUT2D eigenvalue weighted by Gasteiger charge is -2.42. The summed E-state index contributed by atoms with van der Waals surface area (Å²) in [6.45, 7) is 0. The summed E-state index contributed by atoms with van der Waals surface area (Å²) < 4.78 is 0. The third-order valence-electron chi connectivity index (χ3n) is 5.07. The second-order valence-electron chi connectivity index (χ2n) is 6.36. The molecule has 1 atom stereocenters. The van der Waals surface area contributed by atoms with Crippen LogP contribution in [0.4, 0.5) is 0 Å². The van der Waals surface area contributed by atoms with Crippen LogP contribution in [0, 0.1) is 5.41 Å². The Balaban J connectivity index is 1.62. The van der Waals surface area contributed by atoms with Crippen molar-refractivity contribution >= 4 is 5.91 Å². The minimum Gasteiger partial charge on any atom is -0.353 e. The Bertz CT molecular complexity index is 454. The second kappa shape index (κ2) is 5.90. The quantitative estimate of drug-likeness (QED) is 0.921. The van der Waals surface area contributed by atoms with Crippen molar-refractivity contribution in [2.24, 2.45) is 5.41 Å². The molecular weight excluding hydrogens is 250 g/mol. The Labute approximate surface area is 120 Å². The Morgan fingerprint density at radius 2 is 1.80 bits per heavy atom. The zero-order chi connectivity index (χ0) is 13.8. The summed E-state index contributed by atoms with van der Waals surface area (Å²) in [4.78, 5) is 20.2. The van der Waals surface area contributed by atoms with E-state index in [1.807, 2.05) is 0 Å². The van der Waals surface area contributed by atoms with Crippen LogP contribution in [-0.4, -0.2) is 21.9 Å². The summed E-state index contributed by atoms with van der Waals surface area (Å²) in [6, 6.07) is 0.385. The van der Waals surface area contributed by atoms with Crippen LogP contribution in [0.5, 0.6) is 0 Å². The van der Waals surface area contributed by atoms with Crippen molar-refractivity contribution in [2.75, 3.05) is 0 Å². The predicted molar refractivity (Wildman–Crippen MR) is 77.0 cm³/mol. The first kappa shape index (κ1) is 13.5. The van der Waals surface area contributed by atoms with Crippen molar-refractivity contribution in [2.45, 2.75) is 63.8 Å². The number of carbonyl (C=O) groups excluding carboxylic acids is 1. The number of rotatable bonds is 3. The molecule has 1 aromatic rings. The van der Waals surface area contributed by atoms with Crippen molar-refractivity contribution in [3.05, 3.63) is 24.3 Å². The van der Waals surface area contributed by atoms with Crippen LogP contribution in [0.1, 0.15) is 56.9 Å². The maximum Gasteiger partial charge on any atom is 0.224 e. The van der Waals surface area contributed by atoms with Crippen LogP contribution in [0.3, 0.4) is 0 Å². The highest BCUT2D eigenvalue weighted by molar-refractivity contribution is 5.78. The van der Waals surface area contributed by atoms with E-state index < -0.39 is 0 Å². The van der Waals surface area contributed by atoms with E-state index in [1.165, 1.54) is 51.3 Å². The van der Waals surface area contributed by atoms with Gasteiger partial charge < -0.3 is 5.32 Å². The molecule has 3 rings (SSSR count). The highest BCUT2D eigenvalue weighted by Crippen LogP contribution is 2.49. The van der Waals surface area contributed by atoms with Gasteiger partial charge in [0.25, 0.3) is 0 Å². The van der Waals surface area contributed by atoms with Gasteiger partial charge in [-0.25, -0.2) is 9.97 Å². The SMILES string of the molecule is O=C(Cc1cncnc1)NC1CCCCC12CCCC2. The summed E-state index contributed by atoms with van der Waals surface area (Å²) in [5.41, 5.74) is 1.29. The molecule has 108 valence electrons. The third-order valence-corrected chi connectivity index (χ3v) is 5.07. The summed E-state index contributed by atoms with van der Waals surface area (Å²) in [7, 11) is 0. The summed E-state index contributed by atoms with van der Waals surface area (Å²) in [5.74, 6) is 0.123. The molecule has 2 aliphatic rings. The fourth-order valence-corrected chi connectivity index (χ4v) is 4.06. The number of nitrogens with zero attached hydrogens (tertiary/aromatic N) is 2. The molecule has 0 bridgehead atoms. The first-order valence-electron chi connectivity index (χ1n) is 7.82. The number of nitrogens with one attached hydrogen (secondary N) is 1. The average Bonchev–Trinajstić information content (AvgIpc) is 2.92. The molecule has 4 nitrogen and oxygen atoms in total. The van der Waals surface area contributed by atoms with Gasteiger partial charge in [-0.2, -0.15) is 0 Å². The summed E-state index contributed by atoms with van der Waals surface area (Å²) in [6.07, 6.45) is 15.6. The Morgan fingerprint density at radius 1 is 1.15 bits per heavy atom. The van der Waals surface area contributed by atoms with E-state index in [2.05, 4.69) is 15.3 Å². The van der Waals surface area contributed by atoms with E-state index in [4.69, 9.17) is 0 Å². The molecule has 1 spiro atoms. The molecule has 0 aliphatic heterocycles. The standard InChI is InChI=1S/C16H23N3O/c20-15(9-13-10-17-12-18-11-13)19-14-5-1-2-6-16(14)7-3-4-8-16/h10-12,14H,1-9H2,(H,19,20). The smallest absolute Gasteiger partial charge is 0.224 e. The number of hydrogen-bond acceptors (Lipinski definition) is 3. The van der Waals surface area contributed by atoms with Gasteiger partial charge in [-0.05, 0) is 36.7 Å². The molecule has 2 fully saturated rings. The Hall–Kier alpha value is -1.45. The van der Waals surface area contributed by atoms with Crippen molar-refractivity contribution < 1.29 is 4.79 Å². The molecular formula is C16H23N3O. The topological polar surface area (TPSA) is 54.9 Å². The largest absolute Gasteiger partial charge is 0.353 e. The maximum atomic E-state index is 12.3. The van der Waals surface area contributed by atoms with E-state index in [0.29, 0.717) is 17.9 Å². The van der Waals surface area contributed by atoms with Crippen molar-refractivity contribution in [3.63, 3.8) is 0 Å². The predicted octanol–water partition coefficient (Wildman–Crippen LogP) is 2.64. The molecule has 0 aromatic carbocycles. The molecule has 1 aromatic heterocycles. The van der Waals surface area contributed by atoms with E-state index >= 15 is 0 Å². The lowest BCUT2D eigenvalue weighted by Crippen LogP contribution is -2.48. The zero-order valence-electron chi connectivity index (χ0n) is 12.0. The van der Waals surface area contributed by atoms with Crippen LogP contribution in [0.15, 0.2) is 18.7 Å². The van der Waals surface area contributed by atoms with Crippen LogP contribution in [-0.2, 0) is 11.2 Å². The van der Waals surface area contributed by atoms with Crippen LogP contribution in [0.25, 0.3) is 0 Å². The molecule has 1 N–H and O–H groups in total. The minimum atomic E-state index is 0.123. The van der Waals surface area contributed by atoms with Crippen LogP contribution in [0.2, 0.25) is 0 Å². The van der Waals surface area contributed by atoms with Gasteiger partial charge in [-0.15, -0.1) is 0 Å². The van der Waals surface area contributed by atoms with Crippen LogP contribution < -0.4 is 5.32 Å². The first-order chi connectivity index (χ1) is 9.78. The van der Waals surface area contributed by atoms with E-state index in [-0.39, 0.29) is 5.91 Å². The number of amides is 1. The molecule has 2 aliphatic carbocycles. The second-order valence-corrected chi connectivity index (χ2v) is 6.36. The molecule has 0 saturated heterocycles. The Kier molecular flexibility index (Phi) is 3.99. The number of aromatic nitrogens is 2. The zero-order valence-corrected chi connectivity index (χ0v) is 12.0. The van der Waals surface area contributed by atoms with E-state index in [9.17, 15) is 4.79 Å². The highest BCUT2D eigenvalue weighted by Gasteiger charge is 2.43. The minimum absolute atomic E-state index is 0.123. The molecule has 4 heteroatoms. The maximum absolute atomic E-state index is 12.3. The van der Waals surface area contributed by atoms with Crippen molar-refractivity contribution in [1.29, 1.82) is 0 Å². The lowest BCUT2D eigenvalue weighted by atomic mass is 9.69. The molecule has 0 radical (unpaired) electrons. The fourth-order valence-electron chi connectivity index (χ4n) is 4.06.